The Morgan fingerprint density at radius 3 is 2.95 bits per heavy atom. The minimum atomic E-state index is -0.149. The van der Waals surface area contributed by atoms with Gasteiger partial charge in [0.05, 0.1) is 5.54 Å². The van der Waals surface area contributed by atoms with Crippen LogP contribution in [0.15, 0.2) is 0 Å². The Morgan fingerprint density at radius 2 is 2.25 bits per heavy atom. The quantitative estimate of drug-likeness (QED) is 0.723. The number of fused-ring (bicyclic) bond motifs is 1. The van der Waals surface area contributed by atoms with E-state index in [2.05, 4.69) is 39.3 Å². The molecule has 110 valence electrons. The number of nitrogens with one attached hydrogen (secondary N) is 2. The highest BCUT2D eigenvalue weighted by Gasteiger charge is 2.33. The maximum atomic E-state index is 5.90. The Bertz CT molecular complexity index is 518. The highest BCUT2D eigenvalue weighted by atomic mass is 16.5. The first kappa shape index (κ1) is 13.2. The lowest BCUT2D eigenvalue weighted by Crippen LogP contribution is -2.42. The van der Waals surface area contributed by atoms with Crippen molar-refractivity contribution in [2.24, 2.45) is 0 Å². The summed E-state index contributed by atoms with van der Waals surface area (Å²) in [4.78, 5) is 10.9. The summed E-state index contributed by atoms with van der Waals surface area (Å²) in [5.74, 6) is 2.49. The number of nitrogens with zero attached hydrogens (tertiary/aromatic N) is 3. The first-order valence-corrected chi connectivity index (χ1v) is 6.99. The second kappa shape index (κ2) is 4.66. The Hall–Kier alpha value is -1.76. The smallest absolute Gasteiger partial charge is 0.224 e. The zero-order valence-corrected chi connectivity index (χ0v) is 12.2. The number of likely N-dealkylation sites (N-methyl/N-ethyl adjacent to an activating group) is 1. The normalized spacial score (nSPS) is 23.9. The van der Waals surface area contributed by atoms with E-state index in [0.717, 1.165) is 31.1 Å². The standard InChI is InChI=1S/C13H22N6O/c1-13(2)7-20-9-10(18-13)16-12(14)17-11(9)19-5-4-8(6-19)15-3/h8,15H,4-7H2,1-3H3,(H3,14,16,17,18)/t8-/m1/s1. The van der Waals surface area contributed by atoms with Crippen LogP contribution in [0.2, 0.25) is 0 Å². The minimum absolute atomic E-state index is 0.149. The fraction of sp³-hybridized carbons (Fsp3) is 0.692. The fourth-order valence-corrected chi connectivity index (χ4v) is 2.68. The van der Waals surface area contributed by atoms with Crippen molar-refractivity contribution in [3.05, 3.63) is 0 Å². The molecular formula is C13H22N6O. The van der Waals surface area contributed by atoms with E-state index >= 15 is 0 Å². The fourth-order valence-electron chi connectivity index (χ4n) is 2.68. The molecule has 3 rings (SSSR count). The maximum Gasteiger partial charge on any atom is 0.224 e. The van der Waals surface area contributed by atoms with Crippen LogP contribution < -0.4 is 26.0 Å². The summed E-state index contributed by atoms with van der Waals surface area (Å²) >= 11 is 0. The van der Waals surface area contributed by atoms with E-state index in [0.29, 0.717) is 18.5 Å². The van der Waals surface area contributed by atoms with Gasteiger partial charge in [0.25, 0.3) is 0 Å². The van der Waals surface area contributed by atoms with Crippen molar-refractivity contribution >= 4 is 17.6 Å². The van der Waals surface area contributed by atoms with Gasteiger partial charge in [-0.1, -0.05) is 0 Å². The summed E-state index contributed by atoms with van der Waals surface area (Å²) in [7, 11) is 1.98. The SMILES string of the molecule is CN[C@@H]1CCN(c2nc(N)nc3c2OCC(C)(C)N3)C1. The number of anilines is 3. The zero-order valence-electron chi connectivity index (χ0n) is 12.2. The molecule has 0 amide bonds. The van der Waals surface area contributed by atoms with Crippen molar-refractivity contribution in [1.29, 1.82) is 0 Å². The lowest BCUT2D eigenvalue weighted by Gasteiger charge is -2.34. The predicted octanol–water partition coefficient (Wildman–Crippen LogP) is 0.440. The van der Waals surface area contributed by atoms with E-state index < -0.39 is 0 Å². The van der Waals surface area contributed by atoms with Crippen molar-refractivity contribution < 1.29 is 4.74 Å². The molecule has 1 fully saturated rings. The van der Waals surface area contributed by atoms with Crippen LogP contribution in [-0.2, 0) is 0 Å². The van der Waals surface area contributed by atoms with Gasteiger partial charge in [-0.3, -0.25) is 0 Å². The highest BCUT2D eigenvalue weighted by Crippen LogP contribution is 2.39. The van der Waals surface area contributed by atoms with Crippen LogP contribution in [0.5, 0.6) is 5.75 Å². The lowest BCUT2D eigenvalue weighted by molar-refractivity contribution is 0.240. The summed E-state index contributed by atoms with van der Waals surface area (Å²) in [6.07, 6.45) is 1.09. The van der Waals surface area contributed by atoms with E-state index in [1.54, 1.807) is 0 Å². The molecule has 20 heavy (non-hydrogen) atoms. The number of aromatic nitrogens is 2. The molecule has 0 aliphatic carbocycles. The molecule has 4 N–H and O–H groups in total. The number of ether oxygens (including phenoxy) is 1. The van der Waals surface area contributed by atoms with Crippen LogP contribution in [-0.4, -0.2) is 48.3 Å². The second-order valence-electron chi connectivity index (χ2n) is 6.10. The Kier molecular flexibility index (Phi) is 3.08. The number of hydrogen-bond acceptors (Lipinski definition) is 7. The van der Waals surface area contributed by atoms with Crippen LogP contribution in [0.4, 0.5) is 17.6 Å². The Morgan fingerprint density at radius 1 is 1.45 bits per heavy atom. The van der Waals surface area contributed by atoms with Gasteiger partial charge >= 0.3 is 0 Å². The molecule has 2 aliphatic rings. The van der Waals surface area contributed by atoms with Gasteiger partial charge in [-0.15, -0.1) is 0 Å². The molecule has 1 atom stereocenters. The predicted molar refractivity (Wildman–Crippen MR) is 79.3 cm³/mol. The van der Waals surface area contributed by atoms with Gasteiger partial charge in [0.2, 0.25) is 11.7 Å². The summed E-state index contributed by atoms with van der Waals surface area (Å²) in [6, 6.07) is 0.481. The molecule has 7 nitrogen and oxygen atoms in total. The maximum absolute atomic E-state index is 5.90. The summed E-state index contributed by atoms with van der Waals surface area (Å²) in [5.41, 5.74) is 5.70. The molecule has 0 unspecified atom stereocenters. The molecule has 0 saturated carbocycles. The van der Waals surface area contributed by atoms with Gasteiger partial charge in [0.15, 0.2) is 11.6 Å². The van der Waals surface area contributed by atoms with Gasteiger partial charge in [-0.2, -0.15) is 9.97 Å². The molecule has 3 heterocycles. The van der Waals surface area contributed by atoms with Gasteiger partial charge < -0.3 is 26.0 Å². The van der Waals surface area contributed by atoms with Crippen LogP contribution in [0.25, 0.3) is 0 Å². The molecule has 0 aromatic carbocycles. The number of hydrogen-bond donors (Lipinski definition) is 3. The monoisotopic (exact) mass is 278 g/mol. The van der Waals surface area contributed by atoms with Crippen LogP contribution in [0.1, 0.15) is 20.3 Å². The van der Waals surface area contributed by atoms with Crippen LogP contribution in [0, 0.1) is 0 Å². The molecule has 1 saturated heterocycles. The van der Waals surface area contributed by atoms with E-state index in [1.165, 1.54) is 0 Å². The van der Waals surface area contributed by atoms with Gasteiger partial charge in [-0.25, -0.2) is 0 Å². The topological polar surface area (TPSA) is 88.3 Å². The number of rotatable bonds is 2. The van der Waals surface area contributed by atoms with Crippen molar-refractivity contribution in [3.63, 3.8) is 0 Å². The molecular weight excluding hydrogens is 256 g/mol. The number of nitrogen functional groups attached to an aromatic ring is 1. The van der Waals surface area contributed by atoms with E-state index in [4.69, 9.17) is 10.5 Å². The van der Waals surface area contributed by atoms with E-state index in [9.17, 15) is 0 Å². The van der Waals surface area contributed by atoms with Gasteiger partial charge in [-0.05, 0) is 27.3 Å². The molecule has 0 radical (unpaired) electrons. The van der Waals surface area contributed by atoms with Crippen molar-refractivity contribution in [3.8, 4) is 5.75 Å². The summed E-state index contributed by atoms with van der Waals surface area (Å²) in [5, 5.41) is 6.67. The van der Waals surface area contributed by atoms with Crippen molar-refractivity contribution in [2.45, 2.75) is 31.8 Å². The molecule has 0 bridgehead atoms. The third-order valence-electron chi connectivity index (χ3n) is 3.80. The first-order chi connectivity index (χ1) is 9.48. The minimum Gasteiger partial charge on any atom is -0.484 e. The van der Waals surface area contributed by atoms with Crippen LogP contribution >= 0.6 is 0 Å². The van der Waals surface area contributed by atoms with Gasteiger partial charge in [0.1, 0.15) is 6.61 Å². The Labute approximate surface area is 118 Å². The third kappa shape index (κ3) is 2.33. The number of nitrogens with two attached hydrogens (primary N) is 1. The molecule has 2 aliphatic heterocycles. The van der Waals surface area contributed by atoms with Gasteiger partial charge in [0, 0.05) is 19.1 Å². The summed E-state index contributed by atoms with van der Waals surface area (Å²) < 4.78 is 5.90. The van der Waals surface area contributed by atoms with Crippen LogP contribution in [0.3, 0.4) is 0 Å². The highest BCUT2D eigenvalue weighted by molar-refractivity contribution is 5.69. The van der Waals surface area contributed by atoms with E-state index in [-0.39, 0.29) is 11.5 Å². The average Bonchev–Trinajstić information content (AvgIpc) is 2.84. The van der Waals surface area contributed by atoms with Crippen molar-refractivity contribution in [1.82, 2.24) is 15.3 Å². The largest absolute Gasteiger partial charge is 0.484 e. The third-order valence-corrected chi connectivity index (χ3v) is 3.80. The zero-order chi connectivity index (χ0) is 14.3. The van der Waals surface area contributed by atoms with Crippen molar-refractivity contribution in [2.75, 3.05) is 42.7 Å². The second-order valence-corrected chi connectivity index (χ2v) is 6.10. The molecule has 1 aromatic rings. The average molecular weight is 278 g/mol. The van der Waals surface area contributed by atoms with E-state index in [1.807, 2.05) is 7.05 Å². The first-order valence-electron chi connectivity index (χ1n) is 6.99. The lowest BCUT2D eigenvalue weighted by atomic mass is 10.1. The molecule has 7 heteroatoms. The summed E-state index contributed by atoms with van der Waals surface area (Å²) in [6.45, 7) is 6.58. The molecule has 0 spiro atoms. The molecule has 1 aromatic heterocycles. The Balaban J connectivity index is 1.94.